The summed E-state index contributed by atoms with van der Waals surface area (Å²) in [5.41, 5.74) is 3.56. The fraction of sp³-hybridized carbons (Fsp3) is 0.154. The van der Waals surface area contributed by atoms with Crippen molar-refractivity contribution in [2.45, 2.75) is 13.8 Å². The Kier molecular flexibility index (Phi) is 6.81. The van der Waals surface area contributed by atoms with Gasteiger partial charge in [-0.1, -0.05) is 24.3 Å². The molecular weight excluding hydrogens is 464 g/mol. The minimum absolute atomic E-state index is 0.102. The number of esters is 2. The lowest BCUT2D eigenvalue weighted by atomic mass is 9.87. The van der Waals surface area contributed by atoms with Crippen molar-refractivity contribution in [3.05, 3.63) is 70.8 Å². The molecule has 35 heavy (non-hydrogen) atoms. The van der Waals surface area contributed by atoms with Crippen molar-refractivity contribution in [3.63, 3.8) is 0 Å². The van der Waals surface area contributed by atoms with Crippen molar-refractivity contribution >= 4 is 34.7 Å². The Morgan fingerprint density at radius 2 is 1.23 bits per heavy atom. The highest BCUT2D eigenvalue weighted by atomic mass is 32.1. The summed E-state index contributed by atoms with van der Waals surface area (Å²) in [5, 5.41) is 20.2. The third-order valence-corrected chi connectivity index (χ3v) is 5.79. The molecule has 0 unspecified atom stereocenters. The molecule has 172 valence electrons. The molecule has 0 fully saturated rings. The zero-order chi connectivity index (χ0) is 24.9. The van der Waals surface area contributed by atoms with Crippen LogP contribution in [-0.4, -0.2) is 33.9 Å². The van der Waals surface area contributed by atoms with E-state index in [9.17, 15) is 20.1 Å². The predicted octanol–water partition coefficient (Wildman–Crippen LogP) is 5.12. The van der Waals surface area contributed by atoms with E-state index in [2.05, 4.69) is 20.9 Å². The van der Waals surface area contributed by atoms with Crippen molar-refractivity contribution in [2.75, 3.05) is 13.2 Å². The van der Waals surface area contributed by atoms with Crippen LogP contribution in [0.4, 0.5) is 0 Å². The number of hydrogen-bond donors (Lipinski definition) is 0. The van der Waals surface area contributed by atoms with Gasteiger partial charge in [0.05, 0.1) is 47.2 Å². The number of hydrogen-bond acceptors (Lipinski definition) is 9. The molecule has 4 rings (SSSR count). The van der Waals surface area contributed by atoms with Crippen molar-refractivity contribution in [1.29, 1.82) is 10.5 Å². The Balaban J connectivity index is 2.00. The van der Waals surface area contributed by atoms with Gasteiger partial charge in [-0.05, 0) is 49.2 Å². The number of nitrogens with zero attached hydrogens (tertiary/aromatic N) is 4. The molecule has 0 aliphatic carbocycles. The molecule has 9 heteroatoms. The maximum atomic E-state index is 12.3. The molecule has 0 aliphatic rings. The average Bonchev–Trinajstić information content (AvgIpc) is 3.36. The Morgan fingerprint density at radius 3 is 1.60 bits per heavy atom. The summed E-state index contributed by atoms with van der Waals surface area (Å²) >= 11 is 0.944. The lowest BCUT2D eigenvalue weighted by Crippen LogP contribution is -2.05. The highest BCUT2D eigenvalue weighted by Crippen LogP contribution is 2.41. The zero-order valence-corrected chi connectivity index (χ0v) is 19.7. The Labute approximate surface area is 205 Å². The number of carbonyl (C=O) groups excluding carboxylic acids is 2. The second-order valence-electron chi connectivity index (χ2n) is 7.29. The number of benzene rings is 3. The summed E-state index contributed by atoms with van der Waals surface area (Å²) in [5.74, 6) is -0.984. The number of aromatic nitrogens is 2. The lowest BCUT2D eigenvalue weighted by molar-refractivity contribution is 0.0517. The lowest BCUT2D eigenvalue weighted by Gasteiger charge is -2.14. The summed E-state index contributed by atoms with van der Waals surface area (Å²) in [6.07, 6.45) is 0. The molecule has 0 amide bonds. The molecule has 3 aromatic carbocycles. The number of nitriles is 2. The average molecular weight is 483 g/mol. The van der Waals surface area contributed by atoms with E-state index >= 15 is 0 Å². The highest BCUT2D eigenvalue weighted by Gasteiger charge is 2.25. The van der Waals surface area contributed by atoms with E-state index < -0.39 is 11.9 Å². The third kappa shape index (κ3) is 4.33. The van der Waals surface area contributed by atoms with Gasteiger partial charge in [-0.2, -0.15) is 19.3 Å². The SMILES string of the molecule is CCOC(=O)c1cccc(-c2c(C#N)c(C#N)c(-c3cccc(C(=O)OCC)c3)c3nsnc23)c1. The van der Waals surface area contributed by atoms with Gasteiger partial charge in [0.2, 0.25) is 0 Å². The third-order valence-electron chi connectivity index (χ3n) is 5.26. The monoisotopic (exact) mass is 482 g/mol. The smallest absolute Gasteiger partial charge is 0.338 e. The molecule has 0 bridgehead atoms. The number of fused-ring (bicyclic) bond motifs is 1. The maximum absolute atomic E-state index is 12.3. The van der Waals surface area contributed by atoms with E-state index in [1.807, 2.05) is 0 Å². The van der Waals surface area contributed by atoms with Crippen molar-refractivity contribution in [1.82, 2.24) is 8.75 Å². The summed E-state index contributed by atoms with van der Waals surface area (Å²) in [7, 11) is 0. The van der Waals surface area contributed by atoms with Crippen molar-refractivity contribution in [2.24, 2.45) is 0 Å². The standard InChI is InChI=1S/C26H18N4O4S/c1-3-33-25(31)17-9-5-7-15(11-17)21-19(13-27)20(14-28)22(24-23(21)29-35-30-24)16-8-6-10-18(12-16)26(32)34-4-2/h5-12H,3-4H2,1-2H3. The van der Waals surface area contributed by atoms with Crippen molar-refractivity contribution in [3.8, 4) is 34.4 Å². The van der Waals surface area contributed by atoms with Gasteiger partial charge < -0.3 is 9.47 Å². The summed E-state index contributed by atoms with van der Waals surface area (Å²) < 4.78 is 19.0. The van der Waals surface area contributed by atoms with Crippen LogP contribution in [0, 0.1) is 22.7 Å². The molecule has 0 saturated heterocycles. The fourth-order valence-electron chi connectivity index (χ4n) is 3.82. The van der Waals surface area contributed by atoms with Gasteiger partial charge >= 0.3 is 11.9 Å². The van der Waals surface area contributed by atoms with Gasteiger partial charge in [0.25, 0.3) is 0 Å². The number of ether oxygens (including phenoxy) is 2. The molecule has 4 aromatic rings. The quantitative estimate of drug-likeness (QED) is 0.347. The van der Waals surface area contributed by atoms with E-state index in [0.29, 0.717) is 44.4 Å². The van der Waals surface area contributed by atoms with Gasteiger partial charge in [-0.3, -0.25) is 0 Å². The first kappa shape index (κ1) is 23.6. The summed E-state index contributed by atoms with van der Waals surface area (Å²) in [6.45, 7) is 3.89. The number of rotatable bonds is 6. The van der Waals surface area contributed by atoms with Crippen LogP contribution < -0.4 is 0 Å². The highest BCUT2D eigenvalue weighted by molar-refractivity contribution is 7.00. The summed E-state index contributed by atoms with van der Waals surface area (Å²) in [4.78, 5) is 24.6. The topological polar surface area (TPSA) is 126 Å². The van der Waals surface area contributed by atoms with E-state index in [1.165, 1.54) is 0 Å². The van der Waals surface area contributed by atoms with Crippen LogP contribution in [0.15, 0.2) is 48.5 Å². The maximum Gasteiger partial charge on any atom is 0.338 e. The molecule has 0 aliphatic heterocycles. The normalized spacial score (nSPS) is 10.4. The van der Waals surface area contributed by atoms with Crippen LogP contribution in [0.25, 0.3) is 33.3 Å². The van der Waals surface area contributed by atoms with Crippen LogP contribution >= 0.6 is 11.7 Å². The first-order valence-electron chi connectivity index (χ1n) is 10.7. The van der Waals surface area contributed by atoms with Crippen LogP contribution in [0.2, 0.25) is 0 Å². The van der Waals surface area contributed by atoms with Gasteiger partial charge in [-0.25, -0.2) is 9.59 Å². The van der Waals surface area contributed by atoms with Gasteiger partial charge in [-0.15, -0.1) is 0 Å². The Morgan fingerprint density at radius 1 is 0.800 bits per heavy atom. The van der Waals surface area contributed by atoms with E-state index in [1.54, 1.807) is 62.4 Å². The molecule has 1 heterocycles. The van der Waals surface area contributed by atoms with E-state index in [-0.39, 0.29) is 24.3 Å². The van der Waals surface area contributed by atoms with Gasteiger partial charge in [0.15, 0.2) is 0 Å². The van der Waals surface area contributed by atoms with Crippen LogP contribution in [-0.2, 0) is 9.47 Å². The first-order chi connectivity index (χ1) is 17.0. The van der Waals surface area contributed by atoms with Crippen LogP contribution in [0.5, 0.6) is 0 Å². The second-order valence-corrected chi connectivity index (χ2v) is 7.82. The largest absolute Gasteiger partial charge is 0.462 e. The second kappa shape index (κ2) is 10.1. The van der Waals surface area contributed by atoms with Crippen LogP contribution in [0.3, 0.4) is 0 Å². The minimum Gasteiger partial charge on any atom is -0.462 e. The molecule has 0 N–H and O–H groups in total. The molecule has 0 radical (unpaired) electrons. The van der Waals surface area contributed by atoms with Crippen LogP contribution in [0.1, 0.15) is 45.7 Å². The Bertz CT molecular complexity index is 1430. The molecule has 0 atom stereocenters. The van der Waals surface area contributed by atoms with Crippen molar-refractivity contribution < 1.29 is 19.1 Å². The number of carbonyl (C=O) groups is 2. The molecule has 8 nitrogen and oxygen atoms in total. The molecule has 0 saturated carbocycles. The minimum atomic E-state index is -0.492. The predicted molar refractivity (Wildman–Crippen MR) is 130 cm³/mol. The molecule has 0 spiro atoms. The van der Waals surface area contributed by atoms with Gasteiger partial charge in [0.1, 0.15) is 23.2 Å². The van der Waals surface area contributed by atoms with E-state index in [0.717, 1.165) is 11.7 Å². The van der Waals surface area contributed by atoms with E-state index in [4.69, 9.17) is 9.47 Å². The Hall–Kier alpha value is -4.60. The molecule has 1 aromatic heterocycles. The fourth-order valence-corrected chi connectivity index (χ4v) is 4.38. The summed E-state index contributed by atoms with van der Waals surface area (Å²) in [6, 6.07) is 17.6. The first-order valence-corrected chi connectivity index (χ1v) is 11.4. The molecular formula is C26H18N4O4S. The van der Waals surface area contributed by atoms with Gasteiger partial charge in [0, 0.05) is 11.1 Å². The zero-order valence-electron chi connectivity index (χ0n) is 18.9.